The number of benzene rings is 1. The molecule has 2 aliphatic heterocycles. The van der Waals surface area contributed by atoms with Crippen molar-refractivity contribution in [2.24, 2.45) is 5.92 Å². The fraction of sp³-hybridized carbons (Fsp3) is 0.696. The second-order valence-corrected chi connectivity index (χ2v) is 9.10. The van der Waals surface area contributed by atoms with Crippen LogP contribution in [0.25, 0.3) is 0 Å². The van der Waals surface area contributed by atoms with Gasteiger partial charge in [0.15, 0.2) is 0 Å². The smallest absolute Gasteiger partial charge is 0.223 e. The van der Waals surface area contributed by atoms with Crippen molar-refractivity contribution in [2.45, 2.75) is 76.3 Å². The molecule has 5 heteroatoms. The summed E-state index contributed by atoms with van der Waals surface area (Å²) < 4.78 is 27.6. The molecular weight excluding hydrogens is 358 g/mol. The van der Waals surface area contributed by atoms with Gasteiger partial charge in [0.1, 0.15) is 11.6 Å². The molecule has 1 atom stereocenters. The van der Waals surface area contributed by atoms with E-state index < -0.39 is 0 Å². The van der Waals surface area contributed by atoms with Crippen molar-refractivity contribution in [1.29, 1.82) is 0 Å². The Morgan fingerprint density at radius 3 is 2.64 bits per heavy atom. The lowest BCUT2D eigenvalue weighted by Gasteiger charge is -2.41. The summed E-state index contributed by atoms with van der Waals surface area (Å²) in [6, 6.07) is 3.69. The van der Waals surface area contributed by atoms with Crippen molar-refractivity contribution < 1.29 is 13.6 Å². The van der Waals surface area contributed by atoms with Gasteiger partial charge in [0.25, 0.3) is 0 Å². The molecule has 0 aromatic heterocycles. The van der Waals surface area contributed by atoms with Crippen LogP contribution in [0, 0.1) is 17.6 Å². The third-order valence-electron chi connectivity index (χ3n) is 7.25. The molecule has 1 spiro atoms. The summed E-state index contributed by atoms with van der Waals surface area (Å²) in [5.41, 5.74) is 0.418. The number of amides is 1. The highest BCUT2D eigenvalue weighted by atomic mass is 19.1. The molecular formula is C23H32F2N2O. The monoisotopic (exact) mass is 390 g/mol. The summed E-state index contributed by atoms with van der Waals surface area (Å²) in [7, 11) is 0. The topological polar surface area (TPSA) is 23.6 Å². The van der Waals surface area contributed by atoms with Gasteiger partial charge in [-0.05, 0) is 69.2 Å². The van der Waals surface area contributed by atoms with E-state index in [2.05, 4.69) is 9.80 Å². The number of hydrogen-bond acceptors (Lipinski definition) is 2. The number of hydrogen-bond donors (Lipinski definition) is 0. The van der Waals surface area contributed by atoms with Crippen LogP contribution < -0.4 is 0 Å². The zero-order valence-corrected chi connectivity index (χ0v) is 16.8. The summed E-state index contributed by atoms with van der Waals surface area (Å²) in [5, 5.41) is 0. The first-order valence-corrected chi connectivity index (χ1v) is 11.0. The summed E-state index contributed by atoms with van der Waals surface area (Å²) in [4.78, 5) is 17.2. The molecule has 4 rings (SSSR count). The Kier molecular flexibility index (Phi) is 6.00. The molecule has 3 aliphatic rings. The molecule has 2 saturated heterocycles. The van der Waals surface area contributed by atoms with E-state index in [4.69, 9.17) is 0 Å². The van der Waals surface area contributed by atoms with Crippen LogP contribution in [0.5, 0.6) is 0 Å². The first-order chi connectivity index (χ1) is 13.6. The lowest BCUT2D eigenvalue weighted by Crippen LogP contribution is -2.48. The Morgan fingerprint density at radius 1 is 1.00 bits per heavy atom. The zero-order valence-electron chi connectivity index (χ0n) is 16.8. The highest BCUT2D eigenvalue weighted by Crippen LogP contribution is 2.41. The van der Waals surface area contributed by atoms with Gasteiger partial charge in [-0.25, -0.2) is 8.78 Å². The number of halogens is 2. The normalized spacial score (nSPS) is 27.5. The van der Waals surface area contributed by atoms with Gasteiger partial charge in [-0.15, -0.1) is 0 Å². The van der Waals surface area contributed by atoms with E-state index in [0.717, 1.165) is 45.3 Å². The van der Waals surface area contributed by atoms with Crippen LogP contribution in [0.3, 0.4) is 0 Å². The van der Waals surface area contributed by atoms with E-state index in [0.29, 0.717) is 30.4 Å². The Balaban J connectivity index is 1.42. The van der Waals surface area contributed by atoms with Gasteiger partial charge >= 0.3 is 0 Å². The molecule has 154 valence electrons. The van der Waals surface area contributed by atoms with Crippen molar-refractivity contribution in [3.05, 3.63) is 35.4 Å². The fourth-order valence-electron chi connectivity index (χ4n) is 5.62. The minimum Gasteiger partial charge on any atom is -0.337 e. The predicted molar refractivity (Wildman–Crippen MR) is 106 cm³/mol. The van der Waals surface area contributed by atoms with Crippen LogP contribution in [-0.4, -0.2) is 40.9 Å². The van der Waals surface area contributed by atoms with Gasteiger partial charge in [-0.1, -0.05) is 19.3 Å². The molecule has 1 aromatic rings. The largest absolute Gasteiger partial charge is 0.337 e. The molecule has 0 bridgehead atoms. The number of carbonyl (C=O) groups is 1. The van der Waals surface area contributed by atoms with Crippen LogP contribution >= 0.6 is 0 Å². The maximum absolute atomic E-state index is 14.0. The molecule has 0 unspecified atom stereocenters. The van der Waals surface area contributed by atoms with Crippen molar-refractivity contribution in [1.82, 2.24) is 9.80 Å². The Bertz CT molecular complexity index is 704. The highest BCUT2D eigenvalue weighted by Gasteiger charge is 2.46. The first kappa shape index (κ1) is 19.8. The van der Waals surface area contributed by atoms with Crippen LogP contribution in [0.15, 0.2) is 18.2 Å². The van der Waals surface area contributed by atoms with E-state index in [-0.39, 0.29) is 17.2 Å². The van der Waals surface area contributed by atoms with Crippen LogP contribution in [0.2, 0.25) is 0 Å². The Labute approximate surface area is 167 Å². The molecule has 0 N–H and O–H groups in total. The number of rotatable bonds is 4. The number of likely N-dealkylation sites (tertiary alicyclic amines) is 2. The molecule has 1 aliphatic carbocycles. The maximum Gasteiger partial charge on any atom is 0.223 e. The minimum atomic E-state index is -0.386. The molecule has 3 fully saturated rings. The lowest BCUT2D eigenvalue weighted by molar-refractivity contribution is -0.132. The summed E-state index contributed by atoms with van der Waals surface area (Å²) in [6.45, 7) is 3.08. The third kappa shape index (κ3) is 4.24. The van der Waals surface area contributed by atoms with Crippen LogP contribution in [0.4, 0.5) is 8.78 Å². The summed E-state index contributed by atoms with van der Waals surface area (Å²) >= 11 is 0. The van der Waals surface area contributed by atoms with E-state index in [9.17, 15) is 13.6 Å². The average Bonchev–Trinajstić information content (AvgIpc) is 2.87. The summed E-state index contributed by atoms with van der Waals surface area (Å²) in [6.07, 6.45) is 11.1. The Hall–Kier alpha value is -1.49. The van der Waals surface area contributed by atoms with Gasteiger partial charge in [-0.2, -0.15) is 0 Å². The highest BCUT2D eigenvalue weighted by molar-refractivity contribution is 5.79. The van der Waals surface area contributed by atoms with Gasteiger partial charge in [-0.3, -0.25) is 9.69 Å². The van der Waals surface area contributed by atoms with Crippen molar-refractivity contribution in [3.63, 3.8) is 0 Å². The lowest BCUT2D eigenvalue weighted by atomic mass is 9.84. The first-order valence-electron chi connectivity index (χ1n) is 11.0. The second kappa shape index (κ2) is 8.48. The van der Waals surface area contributed by atoms with E-state index in [1.54, 1.807) is 0 Å². The standard InChI is InChI=1S/C23H32F2N2O/c24-20-7-8-21(25)19(15-20)17-26-13-4-10-23(12-14-26)11-9-22(28)27(23)16-18-5-2-1-3-6-18/h7-8,15,18H,1-6,9-14,16-17H2/t23-/m0/s1. The summed E-state index contributed by atoms with van der Waals surface area (Å²) in [5.74, 6) is 0.265. The predicted octanol–water partition coefficient (Wildman–Crippen LogP) is 4.89. The molecule has 1 saturated carbocycles. The molecule has 2 heterocycles. The number of nitrogens with zero attached hydrogens (tertiary/aromatic N) is 2. The van der Waals surface area contributed by atoms with E-state index >= 15 is 0 Å². The fourth-order valence-corrected chi connectivity index (χ4v) is 5.62. The Morgan fingerprint density at radius 2 is 1.82 bits per heavy atom. The molecule has 28 heavy (non-hydrogen) atoms. The SMILES string of the molecule is O=C1CC[C@]2(CCCN(Cc3cc(F)ccc3F)CC2)N1CC1CCCCC1. The quantitative estimate of drug-likeness (QED) is 0.731. The molecule has 0 radical (unpaired) electrons. The zero-order chi connectivity index (χ0) is 19.6. The second-order valence-electron chi connectivity index (χ2n) is 9.10. The molecule has 1 amide bonds. The molecule has 3 nitrogen and oxygen atoms in total. The van der Waals surface area contributed by atoms with E-state index in [1.807, 2.05) is 0 Å². The van der Waals surface area contributed by atoms with Crippen molar-refractivity contribution in [2.75, 3.05) is 19.6 Å². The van der Waals surface area contributed by atoms with Crippen LogP contribution in [0.1, 0.15) is 69.8 Å². The van der Waals surface area contributed by atoms with Gasteiger partial charge in [0.05, 0.1) is 0 Å². The van der Waals surface area contributed by atoms with Crippen molar-refractivity contribution in [3.8, 4) is 0 Å². The van der Waals surface area contributed by atoms with E-state index in [1.165, 1.54) is 50.3 Å². The van der Waals surface area contributed by atoms with Crippen LogP contribution in [-0.2, 0) is 11.3 Å². The van der Waals surface area contributed by atoms with Crippen molar-refractivity contribution >= 4 is 5.91 Å². The maximum atomic E-state index is 14.0. The number of carbonyl (C=O) groups excluding carboxylic acids is 1. The molecule has 1 aromatic carbocycles. The minimum absolute atomic E-state index is 0.0102. The van der Waals surface area contributed by atoms with Gasteiger partial charge in [0.2, 0.25) is 5.91 Å². The third-order valence-corrected chi connectivity index (χ3v) is 7.25. The average molecular weight is 391 g/mol. The van der Waals surface area contributed by atoms with Gasteiger partial charge in [0, 0.05) is 37.2 Å². The van der Waals surface area contributed by atoms with Gasteiger partial charge < -0.3 is 4.90 Å².